The van der Waals surface area contributed by atoms with Crippen molar-refractivity contribution in [3.8, 4) is 0 Å². The molecule has 1 saturated carbocycles. The van der Waals surface area contributed by atoms with E-state index in [-0.39, 0.29) is 49.4 Å². The van der Waals surface area contributed by atoms with Crippen molar-refractivity contribution in [2.45, 2.75) is 90.1 Å². The van der Waals surface area contributed by atoms with Crippen molar-refractivity contribution in [1.82, 2.24) is 9.80 Å². The highest BCUT2D eigenvalue weighted by Gasteiger charge is 2.53. The number of amides is 2. The van der Waals surface area contributed by atoms with Crippen LogP contribution in [0.3, 0.4) is 0 Å². The minimum atomic E-state index is -4.58. The molecule has 2 aliphatic rings. The summed E-state index contributed by atoms with van der Waals surface area (Å²) in [5.41, 5.74) is -4.03. The summed E-state index contributed by atoms with van der Waals surface area (Å²) in [4.78, 5) is 28.9. The van der Waals surface area contributed by atoms with Crippen LogP contribution in [-0.4, -0.2) is 56.7 Å². The summed E-state index contributed by atoms with van der Waals surface area (Å²) in [6, 6.07) is 4.77. The number of carbonyl (C=O) groups excluding carboxylic acids is 1. The molecule has 1 aliphatic carbocycles. The highest BCUT2D eigenvalue weighted by molar-refractivity contribution is 5.84. The quantitative estimate of drug-likeness (QED) is 0.575. The van der Waals surface area contributed by atoms with Gasteiger partial charge in [-0.3, -0.25) is 4.79 Å². The number of hydrogen-bond donors (Lipinski definition) is 2. The lowest BCUT2D eigenvalue weighted by Gasteiger charge is -2.44. The Labute approximate surface area is 205 Å². The zero-order valence-corrected chi connectivity index (χ0v) is 21.2. The van der Waals surface area contributed by atoms with Crippen molar-refractivity contribution in [3.05, 3.63) is 35.4 Å². The Morgan fingerprint density at radius 3 is 2.14 bits per heavy atom. The van der Waals surface area contributed by atoms with Gasteiger partial charge in [-0.1, -0.05) is 32.0 Å². The van der Waals surface area contributed by atoms with Gasteiger partial charge in [0.2, 0.25) is 5.91 Å². The van der Waals surface area contributed by atoms with Crippen molar-refractivity contribution in [3.63, 3.8) is 0 Å². The van der Waals surface area contributed by atoms with Crippen LogP contribution < -0.4 is 0 Å². The van der Waals surface area contributed by atoms with E-state index in [4.69, 9.17) is 0 Å². The number of alkyl halides is 3. The van der Waals surface area contributed by atoms with E-state index in [9.17, 15) is 33.0 Å². The average molecular weight is 499 g/mol. The Hall–Kier alpha value is -2.29. The lowest BCUT2D eigenvalue weighted by Crippen LogP contribution is -2.54. The molecule has 1 heterocycles. The first-order valence-electron chi connectivity index (χ1n) is 12.2. The summed E-state index contributed by atoms with van der Waals surface area (Å²) in [7, 11) is 0. The third kappa shape index (κ3) is 5.15. The van der Waals surface area contributed by atoms with E-state index < -0.39 is 34.4 Å². The molecule has 0 bridgehead atoms. The summed E-state index contributed by atoms with van der Waals surface area (Å²) >= 11 is 0. The maximum Gasteiger partial charge on any atom is 0.416 e. The number of likely N-dealkylation sites (tertiary alicyclic amines) is 1. The van der Waals surface area contributed by atoms with Gasteiger partial charge < -0.3 is 20.0 Å². The molecule has 0 radical (unpaired) electrons. The van der Waals surface area contributed by atoms with Gasteiger partial charge in [-0.2, -0.15) is 13.2 Å². The molecule has 9 heteroatoms. The summed E-state index contributed by atoms with van der Waals surface area (Å²) in [5, 5.41) is 21.0. The predicted molar refractivity (Wildman–Crippen MR) is 126 cm³/mol. The first-order chi connectivity index (χ1) is 16.0. The molecule has 196 valence electrons. The molecular weight excluding hydrogens is 461 g/mol. The van der Waals surface area contributed by atoms with E-state index in [0.717, 1.165) is 6.07 Å². The van der Waals surface area contributed by atoms with Crippen LogP contribution in [0.25, 0.3) is 0 Å². The van der Waals surface area contributed by atoms with Crippen LogP contribution in [0.2, 0.25) is 0 Å². The second-order valence-corrected chi connectivity index (χ2v) is 11.4. The zero-order valence-electron chi connectivity index (χ0n) is 21.2. The van der Waals surface area contributed by atoms with Crippen molar-refractivity contribution in [1.29, 1.82) is 0 Å². The minimum Gasteiger partial charge on any atom is -0.465 e. The molecule has 2 atom stereocenters. The molecular formula is C26H37F3N2O4. The first-order valence-corrected chi connectivity index (χ1v) is 12.2. The first kappa shape index (κ1) is 27.3. The van der Waals surface area contributed by atoms with E-state index in [2.05, 4.69) is 0 Å². The van der Waals surface area contributed by atoms with Crippen LogP contribution in [-0.2, 0) is 16.6 Å². The molecule has 1 aromatic rings. The van der Waals surface area contributed by atoms with E-state index in [0.29, 0.717) is 19.3 Å². The fourth-order valence-corrected chi connectivity index (χ4v) is 6.03. The van der Waals surface area contributed by atoms with Gasteiger partial charge in [-0.25, -0.2) is 4.79 Å². The average Bonchev–Trinajstić information content (AvgIpc) is 3.18. The molecule has 0 spiro atoms. The van der Waals surface area contributed by atoms with Crippen LogP contribution in [0.4, 0.5) is 18.0 Å². The van der Waals surface area contributed by atoms with Crippen molar-refractivity contribution in [2.24, 2.45) is 11.3 Å². The molecule has 35 heavy (non-hydrogen) atoms. The molecule has 0 aromatic heterocycles. The second-order valence-electron chi connectivity index (χ2n) is 11.4. The molecule has 2 fully saturated rings. The number of carbonyl (C=O) groups is 2. The monoisotopic (exact) mass is 498 g/mol. The second kappa shape index (κ2) is 9.30. The normalized spacial score (nSPS) is 25.1. The number of carboxylic acid groups (broad SMARTS) is 1. The van der Waals surface area contributed by atoms with Gasteiger partial charge >= 0.3 is 12.3 Å². The van der Waals surface area contributed by atoms with Crippen LogP contribution in [0, 0.1) is 11.3 Å². The summed E-state index contributed by atoms with van der Waals surface area (Å²) in [5.74, 6) is -0.136. The molecule has 2 amide bonds. The molecule has 2 N–H and O–H groups in total. The number of nitrogens with zero attached hydrogens (tertiary/aromatic N) is 2. The summed E-state index contributed by atoms with van der Waals surface area (Å²) in [6.45, 7) is 9.71. The number of halogens is 3. The number of benzene rings is 1. The highest BCUT2D eigenvalue weighted by Crippen LogP contribution is 2.49. The standard InChI is InChI=1S/C26H37F3N2O4/c1-17(2)24(11-10-18(16-24)31(22(33)34)23(3,4)5)21(32)30-14-12-25(35,13-15-30)19-8-6-7-9-20(19)26(27,28)29/h6-9,17-18,35H,10-16H2,1-5H3,(H,33,34)/t18-,24+/m1/s1. The van der Waals surface area contributed by atoms with Gasteiger partial charge in [0, 0.05) is 24.7 Å². The van der Waals surface area contributed by atoms with Gasteiger partial charge in [0.05, 0.1) is 16.6 Å². The molecule has 0 unspecified atom stereocenters. The van der Waals surface area contributed by atoms with Crippen LogP contribution >= 0.6 is 0 Å². The Kier molecular flexibility index (Phi) is 7.25. The van der Waals surface area contributed by atoms with Gasteiger partial charge in [0.15, 0.2) is 0 Å². The Morgan fingerprint density at radius 1 is 1.09 bits per heavy atom. The van der Waals surface area contributed by atoms with Gasteiger partial charge in [0.1, 0.15) is 0 Å². The van der Waals surface area contributed by atoms with Gasteiger partial charge in [-0.05, 0) is 70.4 Å². The number of rotatable bonds is 4. The van der Waals surface area contributed by atoms with Gasteiger partial charge in [0.25, 0.3) is 0 Å². The maximum absolute atomic E-state index is 13.8. The number of aliphatic hydroxyl groups is 1. The largest absolute Gasteiger partial charge is 0.465 e. The molecule has 1 saturated heterocycles. The highest BCUT2D eigenvalue weighted by atomic mass is 19.4. The lowest BCUT2D eigenvalue weighted by molar-refractivity contribution is -0.152. The fourth-order valence-electron chi connectivity index (χ4n) is 6.03. The smallest absolute Gasteiger partial charge is 0.416 e. The van der Waals surface area contributed by atoms with Crippen molar-refractivity contribution < 1.29 is 33.0 Å². The van der Waals surface area contributed by atoms with E-state index >= 15 is 0 Å². The topological polar surface area (TPSA) is 81.1 Å². The van der Waals surface area contributed by atoms with E-state index in [1.165, 1.54) is 23.1 Å². The van der Waals surface area contributed by atoms with Crippen molar-refractivity contribution >= 4 is 12.0 Å². The van der Waals surface area contributed by atoms with Crippen LogP contribution in [0.5, 0.6) is 0 Å². The van der Waals surface area contributed by atoms with E-state index in [1.807, 2.05) is 34.6 Å². The molecule has 1 aromatic carbocycles. The maximum atomic E-state index is 13.8. The lowest BCUT2D eigenvalue weighted by atomic mass is 9.73. The number of piperidine rings is 1. The van der Waals surface area contributed by atoms with Crippen LogP contribution in [0.15, 0.2) is 24.3 Å². The Bertz CT molecular complexity index is 949. The SMILES string of the molecule is CC(C)[C@]1(C(=O)N2CCC(O)(c3ccccc3C(F)(F)F)CC2)CC[C@@H](N(C(=O)O)C(C)(C)C)C1. The Morgan fingerprint density at radius 2 is 1.66 bits per heavy atom. The van der Waals surface area contributed by atoms with E-state index in [1.54, 1.807) is 4.90 Å². The molecule has 6 nitrogen and oxygen atoms in total. The number of hydrogen-bond acceptors (Lipinski definition) is 3. The predicted octanol–water partition coefficient (Wildman–Crippen LogP) is 5.49. The molecule has 1 aliphatic heterocycles. The third-order valence-corrected chi connectivity index (χ3v) is 7.96. The van der Waals surface area contributed by atoms with Crippen molar-refractivity contribution in [2.75, 3.05) is 13.1 Å². The summed E-state index contributed by atoms with van der Waals surface area (Å²) in [6.07, 6.45) is -4.05. The Balaban J connectivity index is 1.80. The van der Waals surface area contributed by atoms with Gasteiger partial charge in [-0.15, -0.1) is 0 Å². The molecule has 3 rings (SSSR count). The minimum absolute atomic E-state index is 0.00663. The van der Waals surface area contributed by atoms with Crippen LogP contribution in [0.1, 0.15) is 77.8 Å². The summed E-state index contributed by atoms with van der Waals surface area (Å²) < 4.78 is 40.6. The zero-order chi connectivity index (χ0) is 26.4. The fraction of sp³-hybridized carbons (Fsp3) is 0.692. The third-order valence-electron chi connectivity index (χ3n) is 7.96.